The number of rotatable bonds is 4. The summed E-state index contributed by atoms with van der Waals surface area (Å²) in [6.45, 7) is 4.20. The summed E-state index contributed by atoms with van der Waals surface area (Å²) in [7, 11) is 0. The molecule has 1 unspecified atom stereocenters. The first-order chi connectivity index (χ1) is 9.86. The number of hydrogen-bond acceptors (Lipinski definition) is 3. The second-order valence-corrected chi connectivity index (χ2v) is 5.81. The van der Waals surface area contributed by atoms with Crippen LogP contribution in [0.15, 0.2) is 36.5 Å². The number of benzene rings is 1. The minimum atomic E-state index is 0.775. The highest BCUT2D eigenvalue weighted by atomic mass is 15.1. The van der Waals surface area contributed by atoms with E-state index < -0.39 is 0 Å². The van der Waals surface area contributed by atoms with Crippen LogP contribution in [0.1, 0.15) is 24.8 Å². The molecular weight excluding hydrogens is 246 g/mol. The lowest BCUT2D eigenvalue weighted by atomic mass is 9.94. The third-order valence-electron chi connectivity index (χ3n) is 4.29. The van der Waals surface area contributed by atoms with Gasteiger partial charge in [0.25, 0.3) is 0 Å². The number of hydrogen-bond donors (Lipinski definition) is 1. The van der Waals surface area contributed by atoms with Crippen molar-refractivity contribution in [2.75, 3.05) is 19.6 Å². The summed E-state index contributed by atoms with van der Waals surface area (Å²) in [5.41, 5.74) is 8.20. The van der Waals surface area contributed by atoms with Gasteiger partial charge in [-0.25, -0.2) is 0 Å². The first-order valence-electron chi connectivity index (χ1n) is 7.62. The van der Waals surface area contributed by atoms with Gasteiger partial charge in [-0.2, -0.15) is 0 Å². The Morgan fingerprint density at radius 2 is 2.15 bits per heavy atom. The monoisotopic (exact) mass is 269 g/mol. The first-order valence-corrected chi connectivity index (χ1v) is 7.62. The number of nitrogens with zero attached hydrogens (tertiary/aromatic N) is 2. The van der Waals surface area contributed by atoms with Crippen molar-refractivity contribution in [1.29, 1.82) is 0 Å². The van der Waals surface area contributed by atoms with Crippen molar-refractivity contribution in [1.82, 2.24) is 9.88 Å². The van der Waals surface area contributed by atoms with Gasteiger partial charge in [0.15, 0.2) is 0 Å². The summed E-state index contributed by atoms with van der Waals surface area (Å²) in [6, 6.07) is 10.6. The average Bonchev–Trinajstić information content (AvgIpc) is 2.48. The third kappa shape index (κ3) is 3.00. The molecular formula is C17H23N3. The highest BCUT2D eigenvalue weighted by Gasteiger charge is 2.19. The summed E-state index contributed by atoms with van der Waals surface area (Å²) in [4.78, 5) is 7.12. The minimum absolute atomic E-state index is 0.775. The van der Waals surface area contributed by atoms with Crippen molar-refractivity contribution in [3.05, 3.63) is 42.1 Å². The number of para-hydroxylation sites is 1. The zero-order valence-corrected chi connectivity index (χ0v) is 12.0. The Labute approximate surface area is 120 Å². The number of piperidine rings is 1. The van der Waals surface area contributed by atoms with Gasteiger partial charge in [-0.3, -0.25) is 9.88 Å². The highest BCUT2D eigenvalue weighted by molar-refractivity contribution is 5.81. The van der Waals surface area contributed by atoms with Crippen molar-refractivity contribution >= 4 is 10.9 Å². The maximum absolute atomic E-state index is 5.70. The average molecular weight is 269 g/mol. The van der Waals surface area contributed by atoms with Gasteiger partial charge in [-0.15, -0.1) is 0 Å². The van der Waals surface area contributed by atoms with Gasteiger partial charge in [0, 0.05) is 24.7 Å². The van der Waals surface area contributed by atoms with Crippen LogP contribution in [0, 0.1) is 5.92 Å². The molecule has 0 radical (unpaired) electrons. The van der Waals surface area contributed by atoms with Crippen molar-refractivity contribution in [2.24, 2.45) is 11.7 Å². The zero-order chi connectivity index (χ0) is 13.8. The fraction of sp³-hybridized carbons (Fsp3) is 0.471. The Kier molecular flexibility index (Phi) is 4.28. The molecule has 3 nitrogen and oxygen atoms in total. The smallest absolute Gasteiger partial charge is 0.0746 e. The van der Waals surface area contributed by atoms with E-state index in [0.29, 0.717) is 0 Å². The van der Waals surface area contributed by atoms with E-state index in [1.165, 1.54) is 36.9 Å². The van der Waals surface area contributed by atoms with Crippen LogP contribution >= 0.6 is 0 Å². The quantitative estimate of drug-likeness (QED) is 0.928. The Balaban J connectivity index is 1.76. The van der Waals surface area contributed by atoms with Gasteiger partial charge in [-0.05, 0) is 49.9 Å². The number of nitrogens with two attached hydrogens (primary N) is 1. The van der Waals surface area contributed by atoms with E-state index in [2.05, 4.69) is 34.1 Å². The maximum atomic E-state index is 5.70. The van der Waals surface area contributed by atoms with Crippen LogP contribution in [-0.2, 0) is 6.54 Å². The molecule has 1 fully saturated rings. The molecule has 2 N–H and O–H groups in total. The van der Waals surface area contributed by atoms with Crippen LogP contribution in [-0.4, -0.2) is 29.5 Å². The number of pyridine rings is 1. The predicted octanol–water partition coefficient (Wildman–Crippen LogP) is 2.80. The van der Waals surface area contributed by atoms with Gasteiger partial charge in [0.1, 0.15) is 0 Å². The lowest BCUT2D eigenvalue weighted by Gasteiger charge is -2.32. The number of fused-ring (bicyclic) bond motifs is 1. The first kappa shape index (κ1) is 13.5. The van der Waals surface area contributed by atoms with Gasteiger partial charge in [-0.1, -0.05) is 24.3 Å². The summed E-state index contributed by atoms with van der Waals surface area (Å²) < 4.78 is 0. The fourth-order valence-electron chi connectivity index (χ4n) is 3.30. The lowest BCUT2D eigenvalue weighted by Crippen LogP contribution is -2.35. The molecule has 2 heterocycles. The van der Waals surface area contributed by atoms with Gasteiger partial charge in [0.05, 0.1) is 5.52 Å². The molecule has 1 aromatic carbocycles. The van der Waals surface area contributed by atoms with E-state index in [-0.39, 0.29) is 0 Å². The van der Waals surface area contributed by atoms with E-state index in [1.54, 1.807) is 0 Å². The number of likely N-dealkylation sites (tertiary alicyclic amines) is 1. The van der Waals surface area contributed by atoms with E-state index in [0.717, 1.165) is 30.9 Å². The summed E-state index contributed by atoms with van der Waals surface area (Å²) >= 11 is 0. The molecule has 0 saturated carbocycles. The van der Waals surface area contributed by atoms with Crippen molar-refractivity contribution in [3.8, 4) is 0 Å². The van der Waals surface area contributed by atoms with Crippen LogP contribution in [0.2, 0.25) is 0 Å². The predicted molar refractivity (Wildman–Crippen MR) is 83.4 cm³/mol. The topological polar surface area (TPSA) is 42.1 Å². The van der Waals surface area contributed by atoms with Gasteiger partial charge >= 0.3 is 0 Å². The fourth-order valence-corrected chi connectivity index (χ4v) is 3.30. The summed E-state index contributed by atoms with van der Waals surface area (Å²) in [6.07, 6.45) is 5.67. The molecule has 0 bridgehead atoms. The molecule has 106 valence electrons. The number of aromatic nitrogens is 1. The molecule has 3 heteroatoms. The Morgan fingerprint density at radius 1 is 1.25 bits per heavy atom. The van der Waals surface area contributed by atoms with Crippen molar-refractivity contribution in [2.45, 2.75) is 25.8 Å². The molecule has 1 saturated heterocycles. The molecule has 0 spiro atoms. The van der Waals surface area contributed by atoms with Crippen molar-refractivity contribution in [3.63, 3.8) is 0 Å². The molecule has 0 aliphatic carbocycles. The second kappa shape index (κ2) is 6.33. The molecule has 1 aliphatic heterocycles. The van der Waals surface area contributed by atoms with Gasteiger partial charge in [0.2, 0.25) is 0 Å². The van der Waals surface area contributed by atoms with E-state index in [4.69, 9.17) is 5.73 Å². The van der Waals surface area contributed by atoms with Crippen LogP contribution in [0.25, 0.3) is 10.9 Å². The Hall–Kier alpha value is -1.45. The van der Waals surface area contributed by atoms with E-state index in [9.17, 15) is 0 Å². The van der Waals surface area contributed by atoms with Gasteiger partial charge < -0.3 is 5.73 Å². The standard InChI is InChI=1S/C17H23N3/c18-9-8-14-4-3-11-20(12-14)13-16-6-1-5-15-7-2-10-19-17(15)16/h1-2,5-7,10,14H,3-4,8-9,11-13,18H2. The van der Waals surface area contributed by atoms with Crippen molar-refractivity contribution < 1.29 is 0 Å². The highest BCUT2D eigenvalue weighted by Crippen LogP contribution is 2.23. The zero-order valence-electron chi connectivity index (χ0n) is 12.0. The Bertz CT molecular complexity index is 560. The lowest BCUT2D eigenvalue weighted by molar-refractivity contribution is 0.163. The molecule has 20 heavy (non-hydrogen) atoms. The van der Waals surface area contributed by atoms with Crippen LogP contribution in [0.5, 0.6) is 0 Å². The van der Waals surface area contributed by atoms with E-state index in [1.807, 2.05) is 12.3 Å². The normalized spacial score (nSPS) is 20.4. The summed E-state index contributed by atoms with van der Waals surface area (Å²) in [5, 5.41) is 1.24. The van der Waals surface area contributed by atoms with Crippen LogP contribution in [0.3, 0.4) is 0 Å². The molecule has 0 amide bonds. The maximum Gasteiger partial charge on any atom is 0.0746 e. The Morgan fingerprint density at radius 3 is 3.05 bits per heavy atom. The summed E-state index contributed by atoms with van der Waals surface area (Å²) in [5.74, 6) is 0.775. The third-order valence-corrected chi connectivity index (χ3v) is 4.29. The largest absolute Gasteiger partial charge is 0.330 e. The second-order valence-electron chi connectivity index (χ2n) is 5.81. The molecule has 1 atom stereocenters. The molecule has 1 aliphatic rings. The van der Waals surface area contributed by atoms with E-state index >= 15 is 0 Å². The minimum Gasteiger partial charge on any atom is -0.330 e. The molecule has 1 aromatic heterocycles. The van der Waals surface area contributed by atoms with Crippen LogP contribution in [0.4, 0.5) is 0 Å². The molecule has 3 rings (SSSR count). The van der Waals surface area contributed by atoms with Crippen LogP contribution < -0.4 is 5.73 Å². The SMILES string of the molecule is NCCC1CCCN(Cc2cccc3cccnc23)C1. The molecule has 2 aromatic rings.